The van der Waals surface area contributed by atoms with E-state index in [9.17, 15) is 13.2 Å². The molecule has 1 aromatic heterocycles. The fraction of sp³-hybridized carbons (Fsp3) is 0.550. The third-order valence-corrected chi connectivity index (χ3v) is 8.38. The van der Waals surface area contributed by atoms with E-state index in [0.717, 1.165) is 30.4 Å². The summed E-state index contributed by atoms with van der Waals surface area (Å²) in [7, 11) is -3.55. The van der Waals surface area contributed by atoms with E-state index in [1.165, 1.54) is 28.2 Å². The summed E-state index contributed by atoms with van der Waals surface area (Å²) in [5.41, 5.74) is 0.550. The number of ether oxygens (including phenoxy) is 1. The number of rotatable bonds is 8. The molecule has 0 unspecified atom stereocenters. The number of nitrogens with zero attached hydrogens (tertiary/aromatic N) is 4. The number of morpholine rings is 1. The summed E-state index contributed by atoms with van der Waals surface area (Å²) in [4.78, 5) is 12.9. The number of nitrogens with one attached hydrogen (secondary N) is 1. The molecule has 2 aromatic rings. The topological polar surface area (TPSA) is 106 Å². The van der Waals surface area contributed by atoms with Gasteiger partial charge in [0.05, 0.1) is 23.4 Å². The Morgan fingerprint density at radius 3 is 2.52 bits per heavy atom. The van der Waals surface area contributed by atoms with E-state index >= 15 is 0 Å². The van der Waals surface area contributed by atoms with E-state index in [1.54, 1.807) is 12.1 Å². The molecule has 0 spiro atoms. The summed E-state index contributed by atoms with van der Waals surface area (Å²) < 4.78 is 34.1. The predicted octanol–water partition coefficient (Wildman–Crippen LogP) is 2.32. The second kappa shape index (κ2) is 9.27. The maximum atomic E-state index is 12.7. The second-order valence-corrected chi connectivity index (χ2v) is 10.9. The van der Waals surface area contributed by atoms with E-state index in [0.29, 0.717) is 37.9 Å². The molecule has 1 aliphatic carbocycles. The van der Waals surface area contributed by atoms with Gasteiger partial charge in [0, 0.05) is 31.2 Å². The summed E-state index contributed by atoms with van der Waals surface area (Å²) in [5, 5.41) is 11.8. The van der Waals surface area contributed by atoms with E-state index in [2.05, 4.69) is 27.0 Å². The number of sulfonamides is 1. The number of hydrogen-bond donors (Lipinski definition) is 1. The third kappa shape index (κ3) is 4.94. The van der Waals surface area contributed by atoms with Crippen LogP contribution >= 0.6 is 11.8 Å². The van der Waals surface area contributed by atoms with Gasteiger partial charge in [-0.3, -0.25) is 4.79 Å². The standard InChI is InChI=1S/C20H27N5O4S2/c1-3-25-18(15-4-5-15)22-23-20(25)30-14(2)19(26)21-16-6-8-17(9-7-16)31(27,28)24-10-12-29-13-11-24/h6-9,14-15H,3-5,10-13H2,1-2H3,(H,21,26)/t14-/m0/s1. The van der Waals surface area contributed by atoms with Crippen molar-refractivity contribution >= 4 is 33.4 Å². The predicted molar refractivity (Wildman–Crippen MR) is 118 cm³/mol. The smallest absolute Gasteiger partial charge is 0.243 e. The Labute approximate surface area is 186 Å². The lowest BCUT2D eigenvalue weighted by molar-refractivity contribution is -0.115. The molecule has 1 aromatic carbocycles. The summed E-state index contributed by atoms with van der Waals surface area (Å²) >= 11 is 1.38. The number of carbonyl (C=O) groups excluding carboxylic acids is 1. The first-order valence-electron chi connectivity index (χ1n) is 10.5. The molecule has 2 aliphatic rings. The zero-order valence-electron chi connectivity index (χ0n) is 17.7. The Hall–Kier alpha value is -1.95. The highest BCUT2D eigenvalue weighted by atomic mass is 32.2. The zero-order chi connectivity index (χ0) is 22.0. The Bertz CT molecular complexity index is 1030. The van der Waals surface area contributed by atoms with Crippen LogP contribution in [0.2, 0.25) is 0 Å². The third-order valence-electron chi connectivity index (χ3n) is 5.39. The first-order chi connectivity index (χ1) is 14.9. The molecule has 31 heavy (non-hydrogen) atoms. The van der Waals surface area contributed by atoms with Crippen molar-refractivity contribution in [2.24, 2.45) is 0 Å². The number of carbonyl (C=O) groups is 1. The highest BCUT2D eigenvalue weighted by Crippen LogP contribution is 2.40. The van der Waals surface area contributed by atoms with Crippen LogP contribution in [-0.4, -0.2) is 64.9 Å². The quantitative estimate of drug-likeness (QED) is 0.596. The fourth-order valence-corrected chi connectivity index (χ4v) is 5.76. The van der Waals surface area contributed by atoms with Crippen molar-refractivity contribution < 1.29 is 17.9 Å². The average Bonchev–Trinajstić information content (AvgIpc) is 3.55. The first-order valence-corrected chi connectivity index (χ1v) is 12.8. The molecule has 9 nitrogen and oxygen atoms in total. The van der Waals surface area contributed by atoms with Crippen molar-refractivity contribution in [3.8, 4) is 0 Å². The van der Waals surface area contributed by atoms with E-state index < -0.39 is 10.0 Å². The number of benzene rings is 1. The van der Waals surface area contributed by atoms with Crippen molar-refractivity contribution in [2.45, 2.75) is 54.5 Å². The first kappa shape index (κ1) is 22.3. The second-order valence-electron chi connectivity index (χ2n) is 7.65. The van der Waals surface area contributed by atoms with Crippen LogP contribution in [0.3, 0.4) is 0 Å². The maximum absolute atomic E-state index is 12.7. The van der Waals surface area contributed by atoms with Gasteiger partial charge < -0.3 is 14.6 Å². The SMILES string of the molecule is CCn1c(S[C@@H](C)C(=O)Nc2ccc(S(=O)(=O)N3CCOCC3)cc2)nnc1C1CC1. The fourth-order valence-electron chi connectivity index (χ4n) is 3.43. The molecule has 1 N–H and O–H groups in total. The molecule has 1 amide bonds. The number of aromatic nitrogens is 3. The Kier molecular flexibility index (Phi) is 6.65. The van der Waals surface area contributed by atoms with Crippen LogP contribution in [-0.2, 0) is 26.1 Å². The van der Waals surface area contributed by atoms with Crippen LogP contribution in [0.25, 0.3) is 0 Å². The van der Waals surface area contributed by atoms with Gasteiger partial charge in [0.15, 0.2) is 5.16 Å². The van der Waals surface area contributed by atoms with Gasteiger partial charge in [0.1, 0.15) is 5.82 Å². The van der Waals surface area contributed by atoms with Crippen molar-refractivity contribution in [3.63, 3.8) is 0 Å². The minimum atomic E-state index is -3.55. The van der Waals surface area contributed by atoms with Crippen molar-refractivity contribution in [2.75, 3.05) is 31.6 Å². The van der Waals surface area contributed by atoms with Crippen molar-refractivity contribution in [3.05, 3.63) is 30.1 Å². The molecule has 1 saturated heterocycles. The molecule has 1 saturated carbocycles. The van der Waals surface area contributed by atoms with E-state index in [1.807, 2.05) is 6.92 Å². The molecule has 2 fully saturated rings. The number of hydrogen-bond acceptors (Lipinski definition) is 7. The Balaban J connectivity index is 1.38. The molecule has 4 rings (SSSR count). The summed E-state index contributed by atoms with van der Waals surface area (Å²) in [6.45, 7) is 6.14. The van der Waals surface area contributed by atoms with Gasteiger partial charge in [-0.2, -0.15) is 4.31 Å². The Morgan fingerprint density at radius 2 is 1.90 bits per heavy atom. The lowest BCUT2D eigenvalue weighted by Gasteiger charge is -2.26. The van der Waals surface area contributed by atoms with Crippen LogP contribution in [0.1, 0.15) is 38.4 Å². The highest BCUT2D eigenvalue weighted by molar-refractivity contribution is 8.00. The minimum Gasteiger partial charge on any atom is -0.379 e. The van der Waals surface area contributed by atoms with E-state index in [4.69, 9.17) is 4.74 Å². The van der Waals surface area contributed by atoms with Gasteiger partial charge >= 0.3 is 0 Å². The zero-order valence-corrected chi connectivity index (χ0v) is 19.3. The molecular formula is C20H27N5O4S2. The molecule has 0 bridgehead atoms. The van der Waals surface area contributed by atoms with Gasteiger partial charge in [-0.25, -0.2) is 8.42 Å². The number of thioether (sulfide) groups is 1. The molecule has 168 valence electrons. The number of anilines is 1. The highest BCUT2D eigenvalue weighted by Gasteiger charge is 2.31. The van der Waals surface area contributed by atoms with E-state index in [-0.39, 0.29) is 16.1 Å². The van der Waals surface area contributed by atoms with Crippen LogP contribution in [0.15, 0.2) is 34.3 Å². The van der Waals surface area contributed by atoms with Crippen molar-refractivity contribution in [1.82, 2.24) is 19.1 Å². The van der Waals surface area contributed by atoms with Gasteiger partial charge in [-0.15, -0.1) is 10.2 Å². The molecule has 2 heterocycles. The molecule has 0 radical (unpaired) electrons. The maximum Gasteiger partial charge on any atom is 0.243 e. The van der Waals surface area contributed by atoms with Gasteiger partial charge in [0.25, 0.3) is 0 Å². The molecule has 1 atom stereocenters. The summed E-state index contributed by atoms with van der Waals surface area (Å²) in [6, 6.07) is 6.27. The lowest BCUT2D eigenvalue weighted by Crippen LogP contribution is -2.40. The molecule has 1 aliphatic heterocycles. The van der Waals surface area contributed by atoms with Crippen LogP contribution in [0.4, 0.5) is 5.69 Å². The van der Waals surface area contributed by atoms with Gasteiger partial charge in [-0.1, -0.05) is 11.8 Å². The van der Waals surface area contributed by atoms with Crippen molar-refractivity contribution in [1.29, 1.82) is 0 Å². The largest absolute Gasteiger partial charge is 0.379 e. The monoisotopic (exact) mass is 465 g/mol. The molecular weight excluding hydrogens is 438 g/mol. The molecule has 11 heteroatoms. The normalized spacial score (nSPS) is 18.6. The van der Waals surface area contributed by atoms with Gasteiger partial charge in [0.2, 0.25) is 15.9 Å². The summed E-state index contributed by atoms with van der Waals surface area (Å²) in [5.74, 6) is 1.33. The average molecular weight is 466 g/mol. The van der Waals surface area contributed by atoms with Crippen LogP contribution in [0.5, 0.6) is 0 Å². The van der Waals surface area contributed by atoms with Crippen LogP contribution < -0.4 is 5.32 Å². The van der Waals surface area contributed by atoms with Crippen LogP contribution in [0, 0.1) is 0 Å². The summed E-state index contributed by atoms with van der Waals surface area (Å²) in [6.07, 6.45) is 2.30. The minimum absolute atomic E-state index is 0.174. The van der Waals surface area contributed by atoms with Gasteiger partial charge in [-0.05, 0) is 51.0 Å². The number of amides is 1. The lowest BCUT2D eigenvalue weighted by atomic mass is 10.3. The Morgan fingerprint density at radius 1 is 1.23 bits per heavy atom.